The van der Waals surface area contributed by atoms with Crippen molar-refractivity contribution in [3.63, 3.8) is 0 Å². The monoisotopic (exact) mass is 146 g/mol. The summed E-state index contributed by atoms with van der Waals surface area (Å²) in [7, 11) is 2.35. The van der Waals surface area contributed by atoms with Crippen LogP contribution in [-0.4, -0.2) is 26.2 Å². The molecule has 0 aliphatic carbocycles. The van der Waals surface area contributed by atoms with Gasteiger partial charge in [0, 0.05) is 11.8 Å². The number of esters is 2. The van der Waals surface area contributed by atoms with Gasteiger partial charge < -0.3 is 9.47 Å². The van der Waals surface area contributed by atoms with Crippen LogP contribution in [0, 0.1) is 11.8 Å². The van der Waals surface area contributed by atoms with Gasteiger partial charge in [0.2, 0.25) is 0 Å². The lowest BCUT2D eigenvalue weighted by atomic mass is 11.5. The molecule has 0 bridgehead atoms. The fourth-order valence-corrected chi connectivity index (χ4v) is 0.204. The predicted molar refractivity (Wildman–Crippen MR) is 31.8 cm³/mol. The van der Waals surface area contributed by atoms with E-state index in [1.165, 1.54) is 14.2 Å². The molecule has 0 fully saturated rings. The van der Waals surface area contributed by atoms with Gasteiger partial charge in [0.15, 0.2) is 0 Å². The topological polar surface area (TPSA) is 52.6 Å². The van der Waals surface area contributed by atoms with E-state index in [9.17, 15) is 9.59 Å². The van der Waals surface area contributed by atoms with Gasteiger partial charge in [-0.25, -0.2) is 9.59 Å². The molecule has 0 spiro atoms. The fourth-order valence-electron chi connectivity index (χ4n) is 0.204. The fraction of sp³-hybridized carbons (Fsp3) is 0.333. The first kappa shape index (κ1) is 8.50. The van der Waals surface area contributed by atoms with Crippen molar-refractivity contribution < 1.29 is 19.1 Å². The Kier molecular flexibility index (Phi) is 3.73. The van der Waals surface area contributed by atoms with Gasteiger partial charge in [0.25, 0.3) is 0 Å². The molecule has 0 aliphatic heterocycles. The maximum atomic E-state index is 10.2. The zero-order valence-electron chi connectivity index (χ0n) is 5.63. The highest BCUT2D eigenvalue weighted by Gasteiger charge is 1.93. The average Bonchev–Trinajstić information content (AvgIpc) is 1.99. The van der Waals surface area contributed by atoms with E-state index >= 15 is 0 Å². The molecule has 0 unspecified atom stereocenters. The number of carbonyl (C=O) groups is 2. The van der Waals surface area contributed by atoms with Gasteiger partial charge in [-0.15, -0.1) is 0 Å². The van der Waals surface area contributed by atoms with Crippen molar-refractivity contribution >= 4 is 11.9 Å². The zero-order valence-corrected chi connectivity index (χ0v) is 5.63. The van der Waals surface area contributed by atoms with E-state index in [1.54, 1.807) is 0 Å². The van der Waals surface area contributed by atoms with E-state index in [4.69, 9.17) is 0 Å². The number of rotatable bonds is 0. The highest BCUT2D eigenvalue weighted by molar-refractivity contribution is 5.98. The number of carbonyl (C=O) groups excluding carboxylic acids is 2. The molecule has 10 heavy (non-hydrogen) atoms. The van der Waals surface area contributed by atoms with Crippen LogP contribution in [0.25, 0.3) is 0 Å². The molecule has 0 aromatic carbocycles. The minimum Gasteiger partial charge on any atom is -0.459 e. The van der Waals surface area contributed by atoms with Crippen LogP contribution in [0.15, 0.2) is 0 Å². The Morgan fingerprint density at radius 1 is 1.00 bits per heavy atom. The molecule has 0 atom stereocenters. The van der Waals surface area contributed by atoms with Crippen molar-refractivity contribution in [3.8, 4) is 11.8 Å². The molecular weight excluding hydrogens is 140 g/mol. The first-order valence-electron chi connectivity index (χ1n) is 2.38. The lowest BCUT2D eigenvalue weighted by Crippen LogP contribution is -1.99. The second-order valence-electron chi connectivity index (χ2n) is 1.23. The standard InChI is InChI=1S/C6H6O4/c1-9-5(7)3-4-6(8)10-2/h1-2H3/i3+1,4+1,5+1,6+1. The quantitative estimate of drug-likeness (QED) is 0.197. The summed E-state index contributed by atoms with van der Waals surface area (Å²) in [4.78, 5) is 20.5. The normalized spacial score (nSPS) is 7.00. The predicted octanol–water partition coefficient (Wildman–Crippen LogP) is -0.664. The molecule has 0 aliphatic rings. The van der Waals surface area contributed by atoms with E-state index in [1.807, 2.05) is 11.8 Å². The zero-order chi connectivity index (χ0) is 7.98. The van der Waals surface area contributed by atoms with Crippen LogP contribution in [0.3, 0.4) is 0 Å². The number of hydrogen-bond donors (Lipinski definition) is 0. The molecule has 4 nitrogen and oxygen atoms in total. The molecule has 0 aromatic rings. The van der Waals surface area contributed by atoms with Crippen LogP contribution < -0.4 is 0 Å². The van der Waals surface area contributed by atoms with Crippen molar-refractivity contribution in [2.45, 2.75) is 0 Å². The number of hydrogen-bond acceptors (Lipinski definition) is 4. The Labute approximate surface area is 58.1 Å². The highest BCUT2D eigenvalue weighted by Crippen LogP contribution is 1.70. The largest absolute Gasteiger partial charge is 0.459 e. The lowest BCUT2D eigenvalue weighted by molar-refractivity contribution is -0.135. The van der Waals surface area contributed by atoms with Crippen LogP contribution in [0.4, 0.5) is 0 Å². The van der Waals surface area contributed by atoms with Gasteiger partial charge in [-0.1, -0.05) is 0 Å². The second-order valence-corrected chi connectivity index (χ2v) is 1.23. The minimum absolute atomic E-state index is 0.759. The summed E-state index contributed by atoms with van der Waals surface area (Å²) in [5.74, 6) is 2.28. The van der Waals surface area contributed by atoms with Crippen LogP contribution >= 0.6 is 0 Å². The second kappa shape index (κ2) is 4.39. The van der Waals surface area contributed by atoms with Crippen molar-refractivity contribution in [2.75, 3.05) is 14.2 Å². The molecule has 0 heterocycles. The highest BCUT2D eigenvalue weighted by atomic mass is 16.6. The summed E-state index contributed by atoms with van der Waals surface area (Å²) in [5.41, 5.74) is 0. The van der Waals surface area contributed by atoms with Gasteiger partial charge >= 0.3 is 11.9 Å². The first-order chi connectivity index (χ1) is 4.70. The number of ether oxygens (including phenoxy) is 2. The Morgan fingerprint density at radius 2 is 1.30 bits per heavy atom. The van der Waals surface area contributed by atoms with Gasteiger partial charge in [0.05, 0.1) is 14.2 Å². The van der Waals surface area contributed by atoms with Gasteiger partial charge in [-0.05, 0) is 0 Å². The van der Waals surface area contributed by atoms with Gasteiger partial charge in [0.1, 0.15) is 0 Å². The van der Waals surface area contributed by atoms with E-state index in [-0.39, 0.29) is 0 Å². The molecule has 0 saturated heterocycles. The summed E-state index contributed by atoms with van der Waals surface area (Å²) in [6.45, 7) is 0. The summed E-state index contributed by atoms with van der Waals surface area (Å²) in [5, 5.41) is 0. The SMILES string of the molecule is CO[13C](=O)[13C]#[13C][13C](=O)OC. The maximum Gasteiger partial charge on any atom is 0.384 e. The number of methoxy groups -OCH3 is 2. The van der Waals surface area contributed by atoms with Crippen LogP contribution in [-0.2, 0) is 19.1 Å². The Hall–Kier alpha value is -1.50. The van der Waals surface area contributed by atoms with Crippen LogP contribution in [0.1, 0.15) is 0 Å². The smallest absolute Gasteiger partial charge is 0.384 e. The van der Waals surface area contributed by atoms with Crippen molar-refractivity contribution in [2.24, 2.45) is 0 Å². The molecule has 0 N–H and O–H groups in total. The third-order valence-corrected chi connectivity index (χ3v) is 0.637. The van der Waals surface area contributed by atoms with Gasteiger partial charge in [-0.3, -0.25) is 0 Å². The van der Waals surface area contributed by atoms with E-state index in [0.717, 1.165) is 0 Å². The molecule has 0 aromatic heterocycles. The summed E-state index contributed by atoms with van der Waals surface area (Å²) in [6.07, 6.45) is 0. The molecule has 54 valence electrons. The molecule has 0 amide bonds. The average molecular weight is 146 g/mol. The molecule has 4 heteroatoms. The Morgan fingerprint density at radius 3 is 1.50 bits per heavy atom. The molecule has 0 rings (SSSR count). The van der Waals surface area contributed by atoms with E-state index in [2.05, 4.69) is 9.47 Å². The minimum atomic E-state index is -0.759. The maximum absolute atomic E-state index is 10.2. The van der Waals surface area contributed by atoms with Crippen molar-refractivity contribution in [1.29, 1.82) is 0 Å². The summed E-state index contributed by atoms with van der Waals surface area (Å²) in [6, 6.07) is 0. The third-order valence-electron chi connectivity index (χ3n) is 0.637. The van der Waals surface area contributed by atoms with E-state index in [0.29, 0.717) is 0 Å². The molecule has 0 radical (unpaired) electrons. The van der Waals surface area contributed by atoms with E-state index < -0.39 is 11.9 Å². The van der Waals surface area contributed by atoms with Crippen molar-refractivity contribution in [1.82, 2.24) is 0 Å². The molecular formula is C6H6O4. The summed E-state index contributed by atoms with van der Waals surface area (Å²) < 4.78 is 8.25. The van der Waals surface area contributed by atoms with Gasteiger partial charge in [-0.2, -0.15) is 0 Å². The first-order valence-corrected chi connectivity index (χ1v) is 2.38. The lowest BCUT2D eigenvalue weighted by Gasteiger charge is -1.85. The third kappa shape index (κ3) is 3.50. The summed E-state index contributed by atoms with van der Waals surface area (Å²) >= 11 is 0. The Balaban J connectivity index is 3.91. The van der Waals surface area contributed by atoms with Crippen molar-refractivity contribution in [3.05, 3.63) is 0 Å². The van der Waals surface area contributed by atoms with Crippen LogP contribution in [0.5, 0.6) is 0 Å². The molecule has 0 saturated carbocycles. The Bertz CT molecular complexity index is 176. The van der Waals surface area contributed by atoms with Crippen LogP contribution in [0.2, 0.25) is 0 Å².